The van der Waals surface area contributed by atoms with Gasteiger partial charge in [0.2, 0.25) is 0 Å². The summed E-state index contributed by atoms with van der Waals surface area (Å²) in [4.78, 5) is 0. The first kappa shape index (κ1) is 18.3. The van der Waals surface area contributed by atoms with Crippen molar-refractivity contribution in [3.05, 3.63) is 97.1 Å². The van der Waals surface area contributed by atoms with E-state index in [1.807, 2.05) is 0 Å². The van der Waals surface area contributed by atoms with Crippen LogP contribution in [0.4, 0.5) is 0 Å². The molecule has 5 aromatic rings. The Labute approximate surface area is 176 Å². The minimum absolute atomic E-state index is 0.733. The molecule has 0 heterocycles. The second kappa shape index (κ2) is 7.57. The molecule has 0 saturated heterocycles. The summed E-state index contributed by atoms with van der Waals surface area (Å²) in [5.41, 5.74) is 4.82. The summed E-state index contributed by atoms with van der Waals surface area (Å²) in [6.45, 7) is 0. The van der Waals surface area contributed by atoms with Crippen molar-refractivity contribution in [3.63, 3.8) is 0 Å². The molecule has 2 nitrogen and oxygen atoms in total. The maximum Gasteiger partial charge on any atom is 0.161 e. The van der Waals surface area contributed by atoms with Gasteiger partial charge in [0.1, 0.15) is 0 Å². The van der Waals surface area contributed by atoms with Crippen molar-refractivity contribution in [3.8, 4) is 33.8 Å². The van der Waals surface area contributed by atoms with Crippen molar-refractivity contribution in [2.24, 2.45) is 0 Å². The second-order valence-electron chi connectivity index (χ2n) is 7.28. The van der Waals surface area contributed by atoms with Crippen LogP contribution in [0.5, 0.6) is 11.5 Å². The van der Waals surface area contributed by atoms with Crippen molar-refractivity contribution in [2.45, 2.75) is 0 Å². The van der Waals surface area contributed by atoms with Gasteiger partial charge in [-0.25, -0.2) is 0 Å². The molecule has 0 fully saturated rings. The molecule has 0 N–H and O–H groups in total. The predicted octanol–water partition coefficient (Wildman–Crippen LogP) is 7.34. The molecule has 0 bridgehead atoms. The van der Waals surface area contributed by atoms with Crippen molar-refractivity contribution in [1.29, 1.82) is 0 Å². The van der Waals surface area contributed by atoms with Crippen LogP contribution in [-0.2, 0) is 0 Å². The highest BCUT2D eigenvalue weighted by Crippen LogP contribution is 2.47. The summed E-state index contributed by atoms with van der Waals surface area (Å²) >= 11 is 0. The van der Waals surface area contributed by atoms with Crippen LogP contribution in [0, 0.1) is 0 Å². The molecule has 5 aromatic carbocycles. The molecule has 0 aliphatic rings. The maximum atomic E-state index is 5.67. The Bertz CT molecular complexity index is 1340. The molecular weight excluding hydrogens is 368 g/mol. The molecule has 0 amide bonds. The van der Waals surface area contributed by atoms with Crippen molar-refractivity contribution in [2.75, 3.05) is 14.2 Å². The summed E-state index contributed by atoms with van der Waals surface area (Å²) in [5.74, 6) is 1.47. The summed E-state index contributed by atoms with van der Waals surface area (Å²) in [7, 11) is 3.37. The first-order valence-electron chi connectivity index (χ1n) is 10.0. The highest BCUT2D eigenvalue weighted by molar-refractivity contribution is 6.22. The largest absolute Gasteiger partial charge is 0.493 e. The summed E-state index contributed by atoms with van der Waals surface area (Å²) in [6.07, 6.45) is 0. The van der Waals surface area contributed by atoms with Crippen LogP contribution < -0.4 is 9.47 Å². The second-order valence-corrected chi connectivity index (χ2v) is 7.28. The van der Waals surface area contributed by atoms with Crippen LogP contribution in [-0.4, -0.2) is 14.2 Å². The third kappa shape index (κ3) is 2.89. The fourth-order valence-electron chi connectivity index (χ4n) is 4.32. The molecule has 0 unspecified atom stereocenters. The number of fused-ring (bicyclic) bond motifs is 3. The highest BCUT2D eigenvalue weighted by Gasteiger charge is 2.19. The van der Waals surface area contributed by atoms with Crippen molar-refractivity contribution >= 4 is 21.5 Å². The molecule has 0 aliphatic heterocycles. The average Bonchev–Trinajstić information content (AvgIpc) is 2.83. The number of hydrogen-bond donors (Lipinski definition) is 0. The van der Waals surface area contributed by atoms with Gasteiger partial charge >= 0.3 is 0 Å². The fraction of sp³-hybridized carbons (Fsp3) is 0.0714. The molecule has 146 valence electrons. The number of benzene rings is 5. The van der Waals surface area contributed by atoms with Gasteiger partial charge in [-0.2, -0.15) is 0 Å². The van der Waals surface area contributed by atoms with E-state index in [2.05, 4.69) is 97.1 Å². The van der Waals surface area contributed by atoms with Crippen molar-refractivity contribution < 1.29 is 9.47 Å². The van der Waals surface area contributed by atoms with Crippen LogP contribution in [0.1, 0.15) is 0 Å². The lowest BCUT2D eigenvalue weighted by molar-refractivity contribution is 0.356. The Kier molecular flexibility index (Phi) is 4.61. The third-order valence-electron chi connectivity index (χ3n) is 5.65. The molecule has 0 aliphatic carbocycles. The highest BCUT2D eigenvalue weighted by atomic mass is 16.5. The van der Waals surface area contributed by atoms with Gasteiger partial charge < -0.3 is 9.47 Å². The van der Waals surface area contributed by atoms with Crippen LogP contribution in [0.3, 0.4) is 0 Å². The van der Waals surface area contributed by atoms with E-state index in [0.717, 1.165) is 22.3 Å². The van der Waals surface area contributed by atoms with Crippen LogP contribution in [0.25, 0.3) is 43.8 Å². The Morgan fingerprint density at radius 1 is 0.433 bits per heavy atom. The summed E-state index contributed by atoms with van der Waals surface area (Å²) in [6, 6.07) is 34.0. The van der Waals surface area contributed by atoms with E-state index >= 15 is 0 Å². The Hall–Kier alpha value is -3.78. The minimum atomic E-state index is 0.733. The molecule has 0 radical (unpaired) electrons. The molecule has 30 heavy (non-hydrogen) atoms. The minimum Gasteiger partial charge on any atom is -0.493 e. The van der Waals surface area contributed by atoms with Gasteiger partial charge in [-0.05, 0) is 55.9 Å². The lowest BCUT2D eigenvalue weighted by atomic mass is 9.85. The molecule has 0 aromatic heterocycles. The molecule has 0 atom stereocenters. The average molecular weight is 390 g/mol. The van der Waals surface area contributed by atoms with Crippen LogP contribution in [0.15, 0.2) is 97.1 Å². The van der Waals surface area contributed by atoms with Gasteiger partial charge in [-0.15, -0.1) is 0 Å². The van der Waals surface area contributed by atoms with E-state index in [9.17, 15) is 0 Å². The molecule has 5 rings (SSSR count). The lowest BCUT2D eigenvalue weighted by Gasteiger charge is -2.20. The van der Waals surface area contributed by atoms with Gasteiger partial charge in [-0.1, -0.05) is 84.9 Å². The van der Waals surface area contributed by atoms with Crippen molar-refractivity contribution in [1.82, 2.24) is 0 Å². The smallest absolute Gasteiger partial charge is 0.161 e. The predicted molar refractivity (Wildman–Crippen MR) is 125 cm³/mol. The summed E-state index contributed by atoms with van der Waals surface area (Å²) in [5, 5.41) is 4.73. The normalized spacial score (nSPS) is 11.0. The van der Waals surface area contributed by atoms with Gasteiger partial charge in [0, 0.05) is 0 Å². The van der Waals surface area contributed by atoms with E-state index in [4.69, 9.17) is 9.47 Å². The van der Waals surface area contributed by atoms with E-state index in [1.165, 1.54) is 33.0 Å². The molecule has 0 spiro atoms. The number of hydrogen-bond acceptors (Lipinski definition) is 2. The maximum absolute atomic E-state index is 5.67. The molecule has 2 heteroatoms. The topological polar surface area (TPSA) is 18.5 Å². The lowest BCUT2D eigenvalue weighted by Crippen LogP contribution is -1.95. The molecule has 0 saturated carbocycles. The number of ether oxygens (including phenoxy) is 2. The zero-order valence-electron chi connectivity index (χ0n) is 17.1. The van der Waals surface area contributed by atoms with Gasteiger partial charge in [0.25, 0.3) is 0 Å². The zero-order valence-corrected chi connectivity index (χ0v) is 17.1. The Morgan fingerprint density at radius 3 is 1.40 bits per heavy atom. The Balaban J connectivity index is 2.05. The van der Waals surface area contributed by atoms with E-state index in [-0.39, 0.29) is 0 Å². The standard InChI is InChI=1S/C28H22O2/c1-29-25-17-23-21-15-9-10-16-22(21)27(19-11-5-3-6-12-19)28(20-13-7-4-8-14-20)24(23)18-26(25)30-2/h3-18H,1-2H3. The van der Waals surface area contributed by atoms with E-state index < -0.39 is 0 Å². The first-order valence-corrected chi connectivity index (χ1v) is 10.0. The zero-order chi connectivity index (χ0) is 20.5. The SMILES string of the molecule is COc1cc2c(-c3ccccc3)c(-c3ccccc3)c3ccccc3c2cc1OC. The number of methoxy groups -OCH3 is 2. The fourth-order valence-corrected chi connectivity index (χ4v) is 4.32. The van der Waals surface area contributed by atoms with Crippen LogP contribution in [0.2, 0.25) is 0 Å². The summed E-state index contributed by atoms with van der Waals surface area (Å²) < 4.78 is 11.3. The third-order valence-corrected chi connectivity index (χ3v) is 5.65. The quantitative estimate of drug-likeness (QED) is 0.299. The monoisotopic (exact) mass is 390 g/mol. The van der Waals surface area contributed by atoms with Gasteiger partial charge in [-0.3, -0.25) is 0 Å². The van der Waals surface area contributed by atoms with Gasteiger partial charge in [0.05, 0.1) is 14.2 Å². The van der Waals surface area contributed by atoms with E-state index in [1.54, 1.807) is 14.2 Å². The van der Waals surface area contributed by atoms with Gasteiger partial charge in [0.15, 0.2) is 11.5 Å². The van der Waals surface area contributed by atoms with E-state index in [0.29, 0.717) is 0 Å². The number of rotatable bonds is 4. The van der Waals surface area contributed by atoms with Crippen LogP contribution >= 0.6 is 0 Å². The molecular formula is C28H22O2. The Morgan fingerprint density at radius 2 is 0.867 bits per heavy atom. The first-order chi connectivity index (χ1) is 14.8.